The van der Waals surface area contributed by atoms with Crippen LogP contribution in [0.1, 0.15) is 52.4 Å². The number of hydrogen-bond acceptors (Lipinski definition) is 9. The number of hydrogen-bond donors (Lipinski definition) is 5. The van der Waals surface area contributed by atoms with Crippen LogP contribution in [0.3, 0.4) is 0 Å². The number of aromatic nitrogens is 2. The van der Waals surface area contributed by atoms with Crippen molar-refractivity contribution in [2.75, 3.05) is 16.0 Å². The van der Waals surface area contributed by atoms with Crippen LogP contribution < -0.4 is 21.4 Å². The molecule has 1 aromatic heterocycles. The Morgan fingerprint density at radius 3 is 2.17 bits per heavy atom. The highest BCUT2D eigenvalue weighted by Crippen LogP contribution is 2.30. The Morgan fingerprint density at radius 1 is 0.900 bits per heavy atom. The molecule has 3 aromatic rings. The number of unbranched alkanes of at least 4 members (excludes halogenated alkanes) is 3. The number of nitrogens with zero attached hydrogens (tertiary/aromatic N) is 2. The van der Waals surface area contributed by atoms with E-state index in [4.69, 9.17) is 16.8 Å². The maximum absolute atomic E-state index is 12.8. The van der Waals surface area contributed by atoms with Crippen LogP contribution in [0.4, 0.5) is 28.8 Å². The summed E-state index contributed by atoms with van der Waals surface area (Å²) in [6.45, 7) is 3.24. The minimum Gasteiger partial charge on any atom is -0.338 e. The van der Waals surface area contributed by atoms with E-state index < -0.39 is 21.0 Å². The van der Waals surface area contributed by atoms with E-state index in [-0.39, 0.29) is 34.0 Å². The fourth-order valence-electron chi connectivity index (χ4n) is 3.68. The first-order valence-electron chi connectivity index (χ1n) is 12.8. The lowest BCUT2D eigenvalue weighted by atomic mass is 10.1. The monoisotopic (exact) mass is 588 g/mol. The fourth-order valence-corrected chi connectivity index (χ4v) is 5.02. The van der Waals surface area contributed by atoms with Crippen molar-refractivity contribution in [3.63, 3.8) is 0 Å². The summed E-state index contributed by atoms with van der Waals surface area (Å²) < 4.78 is 25.6. The van der Waals surface area contributed by atoms with Crippen molar-refractivity contribution >= 4 is 62.1 Å². The molecule has 2 amide bonds. The van der Waals surface area contributed by atoms with Gasteiger partial charge in [0.05, 0.1) is 22.0 Å². The van der Waals surface area contributed by atoms with Crippen molar-refractivity contribution in [2.24, 2.45) is 0 Å². The van der Waals surface area contributed by atoms with Crippen molar-refractivity contribution in [3.8, 4) is 0 Å². The van der Waals surface area contributed by atoms with Gasteiger partial charge in [0.25, 0.3) is 0 Å². The number of sulfone groups is 1. The van der Waals surface area contributed by atoms with Gasteiger partial charge < -0.3 is 16.0 Å². The number of anilines is 5. The molecular weight excluding hydrogens is 556 g/mol. The number of hydroxylamine groups is 1. The van der Waals surface area contributed by atoms with Gasteiger partial charge in [-0.15, -0.1) is 0 Å². The van der Waals surface area contributed by atoms with E-state index in [9.17, 15) is 18.0 Å². The highest BCUT2D eigenvalue weighted by atomic mass is 35.5. The van der Waals surface area contributed by atoms with Crippen molar-refractivity contribution in [1.29, 1.82) is 0 Å². The molecule has 11 nitrogen and oxygen atoms in total. The van der Waals surface area contributed by atoms with Crippen LogP contribution in [0, 0.1) is 0 Å². The fraction of sp³-hybridized carbons (Fsp3) is 0.333. The molecule has 0 spiro atoms. The average Bonchev–Trinajstić information content (AvgIpc) is 2.93. The smallest absolute Gasteiger partial charge is 0.243 e. The van der Waals surface area contributed by atoms with E-state index in [1.165, 1.54) is 12.3 Å². The van der Waals surface area contributed by atoms with E-state index in [2.05, 4.69) is 25.9 Å². The SMILES string of the molecule is CC(C)S(=O)(=O)c1ccccc1Nc1nc(Nc2ccc(NC(=O)CCCCCCC(=O)NO)cc2)ncc1Cl. The van der Waals surface area contributed by atoms with Crippen LogP contribution in [0.2, 0.25) is 5.02 Å². The Labute approximate surface area is 238 Å². The summed E-state index contributed by atoms with van der Waals surface area (Å²) in [5.41, 5.74) is 3.26. The largest absolute Gasteiger partial charge is 0.338 e. The lowest BCUT2D eigenvalue weighted by Gasteiger charge is -2.15. The summed E-state index contributed by atoms with van der Waals surface area (Å²) in [6.07, 6.45) is 5.01. The van der Waals surface area contributed by atoms with Crippen LogP contribution in [0.25, 0.3) is 0 Å². The number of halogens is 1. The van der Waals surface area contributed by atoms with Crippen LogP contribution >= 0.6 is 11.6 Å². The van der Waals surface area contributed by atoms with Gasteiger partial charge >= 0.3 is 0 Å². The summed E-state index contributed by atoms with van der Waals surface area (Å²) >= 11 is 6.30. The molecule has 5 N–H and O–H groups in total. The molecule has 2 aromatic carbocycles. The molecule has 40 heavy (non-hydrogen) atoms. The number of para-hydroxylation sites is 1. The third kappa shape index (κ3) is 8.90. The summed E-state index contributed by atoms with van der Waals surface area (Å²) in [7, 11) is -3.54. The third-order valence-corrected chi connectivity index (χ3v) is 8.41. The molecule has 0 saturated carbocycles. The molecule has 13 heteroatoms. The summed E-state index contributed by atoms with van der Waals surface area (Å²) in [4.78, 5) is 31.9. The van der Waals surface area contributed by atoms with Crippen LogP contribution in [0.15, 0.2) is 59.6 Å². The van der Waals surface area contributed by atoms with Gasteiger partial charge in [0.15, 0.2) is 15.7 Å². The molecule has 0 bridgehead atoms. The first-order chi connectivity index (χ1) is 19.1. The van der Waals surface area contributed by atoms with Crippen molar-refractivity contribution in [3.05, 3.63) is 59.8 Å². The van der Waals surface area contributed by atoms with Crippen molar-refractivity contribution < 1.29 is 23.2 Å². The standard InChI is InChI=1S/C27H33ClN6O5S/c1-18(2)40(38,39)23-10-8-7-9-22(23)32-26-21(28)17-29-27(33-26)31-20-15-13-19(14-16-20)30-24(35)11-5-3-4-6-12-25(36)34-37/h7-10,13-18,37H,3-6,11-12H2,1-2H3,(H,30,35)(H,34,36)(H2,29,31,32,33). The molecule has 0 aliphatic rings. The molecular formula is C27H33ClN6O5S. The highest BCUT2D eigenvalue weighted by molar-refractivity contribution is 7.92. The average molecular weight is 589 g/mol. The van der Waals surface area contributed by atoms with E-state index in [1.807, 2.05) is 0 Å². The van der Waals surface area contributed by atoms with Gasteiger partial charge in [-0.3, -0.25) is 14.8 Å². The maximum Gasteiger partial charge on any atom is 0.243 e. The maximum atomic E-state index is 12.8. The number of benzene rings is 2. The van der Waals surface area contributed by atoms with Gasteiger partial charge in [-0.05, 0) is 63.1 Å². The third-order valence-electron chi connectivity index (χ3n) is 5.92. The number of amides is 2. The topological polar surface area (TPSA) is 162 Å². The summed E-state index contributed by atoms with van der Waals surface area (Å²) in [6, 6.07) is 13.6. The minimum atomic E-state index is -3.54. The van der Waals surface area contributed by atoms with Crippen LogP contribution in [-0.2, 0) is 19.4 Å². The minimum absolute atomic E-state index is 0.106. The van der Waals surface area contributed by atoms with Gasteiger partial charge in [0, 0.05) is 24.2 Å². The van der Waals surface area contributed by atoms with Gasteiger partial charge in [-0.1, -0.05) is 36.6 Å². The molecule has 0 saturated heterocycles. The highest BCUT2D eigenvalue weighted by Gasteiger charge is 2.23. The second-order valence-electron chi connectivity index (χ2n) is 9.30. The first kappa shape index (κ1) is 30.8. The lowest BCUT2D eigenvalue weighted by Crippen LogP contribution is -2.17. The molecule has 0 unspecified atom stereocenters. The van der Waals surface area contributed by atoms with Crippen LogP contribution in [-0.4, -0.2) is 40.7 Å². The predicted molar refractivity (Wildman–Crippen MR) is 155 cm³/mol. The molecule has 3 rings (SSSR count). The second-order valence-corrected chi connectivity index (χ2v) is 12.2. The quantitative estimate of drug-likeness (QED) is 0.0918. The predicted octanol–water partition coefficient (Wildman–Crippen LogP) is 5.58. The molecule has 214 valence electrons. The number of carbonyl (C=O) groups is 2. The summed E-state index contributed by atoms with van der Waals surface area (Å²) in [5.74, 6) is -0.0308. The molecule has 0 aliphatic carbocycles. The zero-order valence-corrected chi connectivity index (χ0v) is 23.8. The van der Waals surface area contributed by atoms with Crippen molar-refractivity contribution in [1.82, 2.24) is 15.4 Å². The van der Waals surface area contributed by atoms with E-state index in [0.717, 1.165) is 12.8 Å². The molecule has 0 radical (unpaired) electrons. The normalized spacial score (nSPS) is 11.2. The molecule has 0 atom stereocenters. The Kier molecular flexibility index (Phi) is 11.2. The van der Waals surface area contributed by atoms with Gasteiger partial charge in [0.2, 0.25) is 17.8 Å². The summed E-state index contributed by atoms with van der Waals surface area (Å²) in [5, 5.41) is 17.0. The number of nitrogens with one attached hydrogen (secondary N) is 4. The Balaban J connectivity index is 1.57. The number of carbonyl (C=O) groups excluding carboxylic acids is 2. The van der Waals surface area contributed by atoms with Gasteiger partial charge in [-0.25, -0.2) is 18.9 Å². The van der Waals surface area contributed by atoms with E-state index in [1.54, 1.807) is 61.8 Å². The second kappa shape index (κ2) is 14.6. The van der Waals surface area contributed by atoms with E-state index >= 15 is 0 Å². The zero-order valence-electron chi connectivity index (χ0n) is 22.3. The van der Waals surface area contributed by atoms with E-state index in [0.29, 0.717) is 36.3 Å². The van der Waals surface area contributed by atoms with Gasteiger partial charge in [0.1, 0.15) is 5.02 Å². The van der Waals surface area contributed by atoms with Crippen molar-refractivity contribution in [2.45, 2.75) is 62.5 Å². The Hall–Kier alpha value is -3.74. The Morgan fingerprint density at radius 2 is 1.52 bits per heavy atom. The molecule has 1 heterocycles. The zero-order chi connectivity index (χ0) is 29.1. The van der Waals surface area contributed by atoms with Crippen LogP contribution in [0.5, 0.6) is 0 Å². The number of rotatable bonds is 14. The molecule has 0 aliphatic heterocycles. The lowest BCUT2D eigenvalue weighted by molar-refractivity contribution is -0.129. The molecule has 0 fully saturated rings. The van der Waals surface area contributed by atoms with Gasteiger partial charge in [-0.2, -0.15) is 4.98 Å². The first-order valence-corrected chi connectivity index (χ1v) is 14.7. The Bertz CT molecular complexity index is 1420.